The molecule has 0 radical (unpaired) electrons. The summed E-state index contributed by atoms with van der Waals surface area (Å²) in [6.07, 6.45) is 1.81. The van der Waals surface area contributed by atoms with Crippen LogP contribution in [0.15, 0.2) is 114 Å². The van der Waals surface area contributed by atoms with E-state index >= 15 is 0 Å². The zero-order valence-corrected chi connectivity index (χ0v) is 21.6. The number of oxazole rings is 1. The van der Waals surface area contributed by atoms with E-state index in [0.29, 0.717) is 17.0 Å². The second kappa shape index (κ2) is 9.31. The third-order valence-corrected chi connectivity index (χ3v) is 6.83. The molecule has 6 rings (SSSR count). The Kier molecular flexibility index (Phi) is 5.80. The van der Waals surface area contributed by atoms with Gasteiger partial charge >= 0.3 is 0 Å². The van der Waals surface area contributed by atoms with E-state index in [1.165, 1.54) is 0 Å². The smallest absolute Gasteiger partial charge is 0.231 e. The Hall–Kier alpha value is -4.70. The van der Waals surface area contributed by atoms with E-state index in [4.69, 9.17) is 9.40 Å². The molecule has 0 aliphatic rings. The molecule has 0 unspecified atom stereocenters. The number of phenols is 1. The lowest BCUT2D eigenvalue weighted by Crippen LogP contribution is -2.11. The largest absolute Gasteiger partial charge is 0.507 e. The molecular weight excluding hydrogens is 468 g/mol. The topological polar surface area (TPSA) is 59.2 Å². The summed E-state index contributed by atoms with van der Waals surface area (Å²) in [7, 11) is 0. The highest BCUT2D eigenvalue weighted by Gasteiger charge is 2.22. The number of hydrogen-bond donors (Lipinski definition) is 1. The lowest BCUT2D eigenvalue weighted by Gasteiger charge is -2.20. The summed E-state index contributed by atoms with van der Waals surface area (Å²) in [6.45, 7) is 6.57. The third kappa shape index (κ3) is 4.46. The van der Waals surface area contributed by atoms with Gasteiger partial charge in [-0.05, 0) is 70.1 Å². The lowest BCUT2D eigenvalue weighted by molar-refractivity contribution is 0.474. The quantitative estimate of drug-likeness (QED) is 0.265. The number of fused-ring (bicyclic) bond motifs is 1. The van der Waals surface area contributed by atoms with Crippen molar-refractivity contribution in [3.8, 4) is 50.7 Å². The zero-order valence-electron chi connectivity index (χ0n) is 21.6. The van der Waals surface area contributed by atoms with Gasteiger partial charge < -0.3 is 9.52 Å². The van der Waals surface area contributed by atoms with Crippen molar-refractivity contribution in [1.29, 1.82) is 0 Å². The second-order valence-corrected chi connectivity index (χ2v) is 10.5. The van der Waals surface area contributed by atoms with Gasteiger partial charge in [0.2, 0.25) is 5.89 Å². The third-order valence-electron chi connectivity index (χ3n) is 6.83. The Labute approximate surface area is 222 Å². The monoisotopic (exact) mass is 496 g/mol. The van der Waals surface area contributed by atoms with Gasteiger partial charge in [-0.3, -0.25) is 4.98 Å². The van der Waals surface area contributed by atoms with Gasteiger partial charge in [0.05, 0.1) is 11.3 Å². The zero-order chi connectivity index (χ0) is 26.3. The molecule has 2 heterocycles. The minimum Gasteiger partial charge on any atom is -0.507 e. The highest BCUT2D eigenvalue weighted by Crippen LogP contribution is 2.40. The van der Waals surface area contributed by atoms with Crippen molar-refractivity contribution in [3.63, 3.8) is 0 Å². The van der Waals surface area contributed by atoms with Crippen molar-refractivity contribution < 1.29 is 9.52 Å². The summed E-state index contributed by atoms with van der Waals surface area (Å²) in [5.41, 5.74) is 9.09. The van der Waals surface area contributed by atoms with Crippen molar-refractivity contribution >= 4 is 11.1 Å². The molecule has 6 aromatic rings. The van der Waals surface area contributed by atoms with Crippen molar-refractivity contribution in [2.24, 2.45) is 0 Å². The molecule has 4 heteroatoms. The van der Waals surface area contributed by atoms with Gasteiger partial charge in [-0.2, -0.15) is 0 Å². The summed E-state index contributed by atoms with van der Waals surface area (Å²) >= 11 is 0. The van der Waals surface area contributed by atoms with Gasteiger partial charge in [-0.25, -0.2) is 4.98 Å². The molecule has 0 spiro atoms. The van der Waals surface area contributed by atoms with Crippen molar-refractivity contribution in [1.82, 2.24) is 9.97 Å². The van der Waals surface area contributed by atoms with E-state index in [-0.39, 0.29) is 11.2 Å². The van der Waals surface area contributed by atoms with E-state index in [1.54, 1.807) is 12.3 Å². The SMILES string of the molecule is CC(C)(C)c1cc(-c2cccc(-c3ccccn3)c2)c2nc(-c3cc(-c4ccccc4)ccc3O)oc2c1. The van der Waals surface area contributed by atoms with Gasteiger partial charge in [-0.15, -0.1) is 0 Å². The first-order valence-corrected chi connectivity index (χ1v) is 12.7. The van der Waals surface area contributed by atoms with E-state index in [1.807, 2.05) is 66.7 Å². The molecule has 1 N–H and O–H groups in total. The Bertz CT molecular complexity index is 1750. The fraction of sp³-hybridized carbons (Fsp3) is 0.118. The molecule has 186 valence electrons. The maximum absolute atomic E-state index is 10.8. The maximum Gasteiger partial charge on any atom is 0.231 e. The number of benzene rings is 4. The minimum atomic E-state index is -0.0934. The Balaban J connectivity index is 1.54. The van der Waals surface area contributed by atoms with E-state index < -0.39 is 0 Å². The molecular formula is C34H28N2O2. The predicted octanol–water partition coefficient (Wildman–Crippen LogP) is 8.89. The van der Waals surface area contributed by atoms with Crippen LogP contribution in [0.5, 0.6) is 5.75 Å². The number of aromatic nitrogens is 2. The van der Waals surface area contributed by atoms with Crippen LogP contribution in [0.3, 0.4) is 0 Å². The molecule has 2 aromatic heterocycles. The van der Waals surface area contributed by atoms with Crippen LogP contribution in [0.1, 0.15) is 26.3 Å². The summed E-state index contributed by atoms with van der Waals surface area (Å²) in [4.78, 5) is 9.47. The average molecular weight is 497 g/mol. The van der Waals surface area contributed by atoms with Gasteiger partial charge in [0.15, 0.2) is 5.58 Å². The fourth-order valence-corrected chi connectivity index (χ4v) is 4.69. The predicted molar refractivity (Wildman–Crippen MR) is 154 cm³/mol. The summed E-state index contributed by atoms with van der Waals surface area (Å²) in [6, 6.07) is 34.2. The summed E-state index contributed by atoms with van der Waals surface area (Å²) in [5.74, 6) is 0.523. The number of phenolic OH excluding ortho intramolecular Hbond substituents is 1. The Morgan fingerprint density at radius 1 is 0.658 bits per heavy atom. The molecule has 38 heavy (non-hydrogen) atoms. The molecule has 0 amide bonds. The molecule has 0 saturated heterocycles. The number of aromatic hydroxyl groups is 1. The van der Waals surface area contributed by atoms with E-state index in [2.05, 4.69) is 56.1 Å². The van der Waals surface area contributed by atoms with Crippen molar-refractivity contribution in [2.45, 2.75) is 26.2 Å². The average Bonchev–Trinajstić information content (AvgIpc) is 3.37. The number of pyridine rings is 1. The molecule has 0 bridgehead atoms. The normalized spacial score (nSPS) is 11.7. The number of hydrogen-bond acceptors (Lipinski definition) is 4. The lowest BCUT2D eigenvalue weighted by atomic mass is 9.85. The van der Waals surface area contributed by atoms with Crippen LogP contribution in [0.2, 0.25) is 0 Å². The first-order chi connectivity index (χ1) is 18.4. The van der Waals surface area contributed by atoms with Crippen LogP contribution in [0, 0.1) is 0 Å². The van der Waals surface area contributed by atoms with Crippen molar-refractivity contribution in [2.75, 3.05) is 0 Å². The minimum absolute atomic E-state index is 0.0934. The van der Waals surface area contributed by atoms with Gasteiger partial charge in [0.1, 0.15) is 11.3 Å². The molecule has 0 aliphatic heterocycles. The highest BCUT2D eigenvalue weighted by molar-refractivity contribution is 5.94. The van der Waals surface area contributed by atoms with Gasteiger partial charge in [0.25, 0.3) is 0 Å². The van der Waals surface area contributed by atoms with Crippen LogP contribution in [-0.2, 0) is 5.41 Å². The number of rotatable bonds is 4. The second-order valence-electron chi connectivity index (χ2n) is 10.5. The standard InChI is InChI=1S/C34H28N2O2/c1-34(2,3)26-20-27(24-12-9-13-25(18-24)29-14-7-8-17-35-29)32-31(21-26)38-33(36-32)28-19-23(15-16-30(28)37)22-10-5-4-6-11-22/h4-21,37H,1-3H3. The van der Waals surface area contributed by atoms with Crippen LogP contribution < -0.4 is 0 Å². The molecule has 4 aromatic carbocycles. The van der Waals surface area contributed by atoms with Gasteiger partial charge in [0, 0.05) is 17.3 Å². The first-order valence-electron chi connectivity index (χ1n) is 12.7. The summed E-state index contributed by atoms with van der Waals surface area (Å²) < 4.78 is 6.36. The van der Waals surface area contributed by atoms with Crippen LogP contribution in [-0.4, -0.2) is 15.1 Å². The van der Waals surface area contributed by atoms with E-state index in [9.17, 15) is 5.11 Å². The van der Waals surface area contributed by atoms with Crippen LogP contribution >= 0.6 is 0 Å². The molecule has 0 aliphatic carbocycles. The van der Waals surface area contributed by atoms with Gasteiger partial charge in [-0.1, -0.05) is 81.4 Å². The molecule has 4 nitrogen and oxygen atoms in total. The molecule has 0 saturated carbocycles. The Morgan fingerprint density at radius 3 is 2.18 bits per heavy atom. The number of nitrogens with zero attached hydrogens (tertiary/aromatic N) is 2. The molecule has 0 fully saturated rings. The first kappa shape index (κ1) is 23.7. The maximum atomic E-state index is 10.8. The van der Waals surface area contributed by atoms with Crippen molar-refractivity contribution in [3.05, 3.63) is 115 Å². The van der Waals surface area contributed by atoms with E-state index in [0.717, 1.165) is 44.6 Å². The highest BCUT2D eigenvalue weighted by atomic mass is 16.3. The Morgan fingerprint density at radius 2 is 1.42 bits per heavy atom. The fourth-order valence-electron chi connectivity index (χ4n) is 4.69. The van der Waals surface area contributed by atoms with Crippen LogP contribution in [0.25, 0.3) is 56.1 Å². The summed E-state index contributed by atoms with van der Waals surface area (Å²) in [5, 5.41) is 10.8. The molecule has 0 atom stereocenters. The van der Waals surface area contributed by atoms with Crippen LogP contribution in [0.4, 0.5) is 0 Å².